The standard InChI is InChI=1S/C34H35N6O10S2.CHF3O3S/c1-19-26(29(38-28(19)27(20(2)41)30(38)42)33(43)49-16-21-5-9-23(10-6-21)39(45)46)25-15-37-18-36(31(51-4)32(37)52-25)14-13-35(3)34(44)50-17-22-7-11-24(12-8-22)40(47)48;2-1(3,4)8(5,6)7/h5-12,15,18-20,27-28,41H,13-14,16-17H2,1-4H3;(H,5,6,7)/q+1;/p-1/t19-,20+,27+,28+;/m0./s1. The van der Waals surface area contributed by atoms with Crippen LogP contribution in [0.5, 0.6) is 0 Å². The van der Waals surface area contributed by atoms with Crippen LogP contribution in [0.1, 0.15) is 29.9 Å². The van der Waals surface area contributed by atoms with Gasteiger partial charge in [-0.25, -0.2) is 22.6 Å². The summed E-state index contributed by atoms with van der Waals surface area (Å²) in [6.45, 7) is 4.07. The number of esters is 1. The van der Waals surface area contributed by atoms with E-state index in [-0.39, 0.29) is 42.1 Å². The number of nitrogens with zero attached hydrogens (tertiary/aromatic N) is 6. The molecule has 0 unspecified atom stereocenters. The van der Waals surface area contributed by atoms with Crippen molar-refractivity contribution >= 4 is 73.0 Å². The number of aliphatic hydroxyl groups is 1. The maximum atomic E-state index is 13.7. The maximum absolute atomic E-state index is 13.7. The highest BCUT2D eigenvalue weighted by molar-refractivity contribution is 7.98. The van der Waals surface area contributed by atoms with Crippen LogP contribution in [0.2, 0.25) is 0 Å². The van der Waals surface area contributed by atoms with Gasteiger partial charge in [0.2, 0.25) is 15.8 Å². The van der Waals surface area contributed by atoms with Crippen molar-refractivity contribution in [2.45, 2.75) is 56.3 Å². The first-order valence-corrected chi connectivity index (χ1v) is 20.9. The third kappa shape index (κ3) is 9.54. The number of carbonyl (C=O) groups excluding carboxylic acids is 3. The van der Waals surface area contributed by atoms with Crippen LogP contribution in [0.25, 0.3) is 10.4 Å². The molecule has 4 atom stereocenters. The molecule has 0 aliphatic carbocycles. The third-order valence-corrected chi connectivity index (χ3v) is 12.2. The minimum Gasteiger partial charge on any atom is -0.741 e. The summed E-state index contributed by atoms with van der Waals surface area (Å²) < 4.78 is 73.9. The van der Waals surface area contributed by atoms with E-state index >= 15 is 0 Å². The van der Waals surface area contributed by atoms with Crippen LogP contribution in [-0.2, 0) is 48.9 Å². The summed E-state index contributed by atoms with van der Waals surface area (Å²) in [4.78, 5) is 65.1. The van der Waals surface area contributed by atoms with E-state index in [1.165, 1.54) is 81.4 Å². The molecule has 0 spiro atoms. The van der Waals surface area contributed by atoms with Gasteiger partial charge in [0.25, 0.3) is 17.7 Å². The van der Waals surface area contributed by atoms with E-state index in [0.717, 1.165) is 14.7 Å². The summed E-state index contributed by atoms with van der Waals surface area (Å²) >= 11 is 2.96. The van der Waals surface area contributed by atoms with E-state index in [9.17, 15) is 52.9 Å². The minimum atomic E-state index is -6.09. The van der Waals surface area contributed by atoms with Crippen LogP contribution in [-0.4, -0.2) is 97.6 Å². The molecular weight excluding hydrogens is 866 g/mol. The molecule has 0 saturated carbocycles. The Morgan fingerprint density at radius 3 is 2.02 bits per heavy atom. The molecular formula is C35H35F3N6O13S3. The van der Waals surface area contributed by atoms with Crippen molar-refractivity contribution in [2.24, 2.45) is 11.8 Å². The summed E-state index contributed by atoms with van der Waals surface area (Å²) in [5.74, 6) is -2.03. The highest BCUT2D eigenvalue weighted by atomic mass is 32.2. The summed E-state index contributed by atoms with van der Waals surface area (Å²) in [5.41, 5.74) is -3.85. The molecule has 2 aliphatic rings. The molecule has 322 valence electrons. The van der Waals surface area contributed by atoms with Crippen molar-refractivity contribution in [3.05, 3.63) is 103 Å². The number of thiazole rings is 1. The molecule has 25 heteroatoms. The predicted molar refractivity (Wildman–Crippen MR) is 204 cm³/mol. The lowest BCUT2D eigenvalue weighted by atomic mass is 9.77. The van der Waals surface area contributed by atoms with Crippen LogP contribution in [0.3, 0.4) is 0 Å². The van der Waals surface area contributed by atoms with Crippen LogP contribution in [0.15, 0.2) is 71.8 Å². The van der Waals surface area contributed by atoms with Gasteiger partial charge in [-0.15, -0.1) is 0 Å². The zero-order chi connectivity index (χ0) is 44.4. The second kappa shape index (κ2) is 17.9. The van der Waals surface area contributed by atoms with Crippen molar-refractivity contribution in [3.8, 4) is 0 Å². The Kier molecular flexibility index (Phi) is 13.6. The number of alkyl halides is 3. The number of thioether (sulfide) groups is 1. The summed E-state index contributed by atoms with van der Waals surface area (Å²) in [7, 11) is -4.47. The first kappa shape index (κ1) is 45.5. The number of aromatic nitrogens is 2. The van der Waals surface area contributed by atoms with Crippen molar-refractivity contribution in [1.29, 1.82) is 0 Å². The number of fused-ring (bicyclic) bond motifs is 2. The second-order valence-corrected chi connectivity index (χ2v) is 16.6. The van der Waals surface area contributed by atoms with Gasteiger partial charge < -0.3 is 28.9 Å². The number of hydrogen-bond donors (Lipinski definition) is 1. The number of amides is 2. The topological polar surface area (TPSA) is 248 Å². The molecule has 0 radical (unpaired) electrons. The van der Waals surface area contributed by atoms with Crippen molar-refractivity contribution in [2.75, 3.05) is 19.8 Å². The number of nitro benzene ring substituents is 2. The number of ether oxygens (including phenoxy) is 2. The van der Waals surface area contributed by atoms with E-state index in [0.29, 0.717) is 29.8 Å². The Morgan fingerprint density at radius 1 is 1.03 bits per heavy atom. The third-order valence-electron chi connectivity index (χ3n) is 9.53. The second-order valence-electron chi connectivity index (χ2n) is 13.4. The van der Waals surface area contributed by atoms with Gasteiger partial charge in [0.05, 0.1) is 39.3 Å². The Hall–Kier alpha value is -5.63. The van der Waals surface area contributed by atoms with E-state index in [4.69, 9.17) is 22.4 Å². The number of non-ortho nitro benzene ring substituents is 2. The normalized spacial score (nSPS) is 18.0. The molecule has 19 nitrogen and oxygen atoms in total. The molecule has 4 aromatic rings. The first-order chi connectivity index (χ1) is 28.0. The van der Waals surface area contributed by atoms with Crippen molar-refractivity contribution < 1.29 is 69.5 Å². The van der Waals surface area contributed by atoms with E-state index < -0.39 is 55.6 Å². The quantitative estimate of drug-likeness (QED) is 0.0285. The summed E-state index contributed by atoms with van der Waals surface area (Å²) in [6.07, 6.45) is 4.26. The number of nitro groups is 2. The Bertz CT molecular complexity index is 2450. The van der Waals surface area contributed by atoms with Gasteiger partial charge in [0.1, 0.15) is 31.7 Å². The lowest BCUT2D eigenvalue weighted by Gasteiger charge is -2.46. The molecule has 1 N–H and O–H groups in total. The number of halogens is 3. The lowest BCUT2D eigenvalue weighted by molar-refractivity contribution is -0.729. The molecule has 6 rings (SSSR count). The van der Waals surface area contributed by atoms with Crippen LogP contribution < -0.4 is 4.57 Å². The van der Waals surface area contributed by atoms with E-state index in [1.54, 1.807) is 14.0 Å². The van der Waals surface area contributed by atoms with Crippen molar-refractivity contribution in [1.82, 2.24) is 14.2 Å². The fourth-order valence-electron chi connectivity index (χ4n) is 6.55. The zero-order valence-electron chi connectivity index (χ0n) is 31.8. The first-order valence-electron chi connectivity index (χ1n) is 17.4. The van der Waals surface area contributed by atoms with Gasteiger partial charge in [-0.2, -0.15) is 17.6 Å². The number of benzene rings is 2. The molecule has 60 heavy (non-hydrogen) atoms. The zero-order valence-corrected chi connectivity index (χ0v) is 34.2. The maximum Gasteiger partial charge on any atom is 0.485 e. The number of aliphatic hydroxyl groups excluding tert-OH is 1. The number of imidazole rings is 1. The molecule has 0 bridgehead atoms. The molecule has 1 fully saturated rings. The number of β-lactam (4-membered cyclic amide) rings is 1. The van der Waals surface area contributed by atoms with Crippen LogP contribution >= 0.6 is 23.1 Å². The Balaban J connectivity index is 0.000000774. The van der Waals surface area contributed by atoms with E-state index in [2.05, 4.69) is 0 Å². The minimum absolute atomic E-state index is 0.0300. The van der Waals surface area contributed by atoms with Crippen molar-refractivity contribution in [3.63, 3.8) is 0 Å². The highest BCUT2D eigenvalue weighted by Gasteiger charge is 2.60. The fourth-order valence-corrected chi connectivity index (χ4v) is 8.76. The molecule has 2 aromatic carbocycles. The number of hydrogen-bond acceptors (Lipinski definition) is 15. The Labute approximate surface area is 346 Å². The number of rotatable bonds is 13. The summed E-state index contributed by atoms with van der Waals surface area (Å²) in [6, 6.07) is 11.0. The molecule has 4 heterocycles. The summed E-state index contributed by atoms with van der Waals surface area (Å²) in [5, 5.41) is 33.2. The largest absolute Gasteiger partial charge is 0.741 e. The van der Waals surface area contributed by atoms with Gasteiger partial charge >= 0.3 is 17.6 Å². The van der Waals surface area contributed by atoms with Crippen LogP contribution in [0, 0.1) is 32.1 Å². The SMILES string of the molecule is CSc1c2sc(C3=C(C(=O)OCc4ccc([N+](=O)[O-])cc4)N4C(=O)[C@H]([C@@H](C)O)[C@H]4[C@H]3C)cn2c[n+]1CCN(C)C(=O)OCc1ccc([N+](=O)[O-])cc1.O=S(=O)([O-])C(F)(F)F. The lowest BCUT2D eigenvalue weighted by Crippen LogP contribution is -2.63. The van der Waals surface area contributed by atoms with Gasteiger partial charge in [0, 0.05) is 42.8 Å². The average Bonchev–Trinajstić information content (AvgIpc) is 3.81. The smallest absolute Gasteiger partial charge is 0.485 e. The predicted octanol–water partition coefficient (Wildman–Crippen LogP) is 4.46. The molecule has 2 aliphatic heterocycles. The fraction of sp³-hybridized carbons (Fsp3) is 0.371. The van der Waals surface area contributed by atoms with Crippen LogP contribution in [0.4, 0.5) is 29.3 Å². The van der Waals surface area contributed by atoms with Gasteiger partial charge in [-0.05, 0) is 48.6 Å². The monoisotopic (exact) mass is 900 g/mol. The molecule has 2 amide bonds. The van der Waals surface area contributed by atoms with E-state index in [1.807, 2.05) is 34.7 Å². The highest BCUT2D eigenvalue weighted by Crippen LogP contribution is 2.52. The van der Waals surface area contributed by atoms with Gasteiger partial charge in [-0.3, -0.25) is 25.0 Å². The average molecular weight is 901 g/mol. The Morgan fingerprint density at radius 2 is 1.55 bits per heavy atom. The molecule has 2 aromatic heterocycles. The van der Waals surface area contributed by atoms with Gasteiger partial charge in [0.15, 0.2) is 10.1 Å². The van der Waals surface area contributed by atoms with Gasteiger partial charge in [-0.1, -0.05) is 30.0 Å². The number of carbonyl (C=O) groups is 3. The molecule has 1 saturated heterocycles. The number of likely N-dealkylation sites (N-methyl/N-ethyl adjacent to an activating group) is 1.